The monoisotopic (exact) mass is 272 g/mol. The van der Waals surface area contributed by atoms with Crippen molar-refractivity contribution in [1.82, 2.24) is 5.32 Å². The van der Waals surface area contributed by atoms with E-state index in [1.165, 1.54) is 0 Å². The smallest absolute Gasteiger partial charge is 0.241 e. The van der Waals surface area contributed by atoms with Crippen LogP contribution in [0.2, 0.25) is 0 Å². The quantitative estimate of drug-likeness (QED) is 0.886. The fourth-order valence-electron chi connectivity index (χ4n) is 2.69. The highest BCUT2D eigenvalue weighted by atomic mass is 16.5. The minimum atomic E-state index is -0.963. The van der Waals surface area contributed by atoms with Crippen molar-refractivity contribution in [3.63, 3.8) is 0 Å². The van der Waals surface area contributed by atoms with Gasteiger partial charge in [0, 0.05) is 18.8 Å². The standard InChI is InChI=1S/C15H16N2O3/c16-10-15(5-7-19-8-6-15)14(18)17-12-9-20-13-4-2-1-3-11(12)13/h1-4,12H,5-9H2,(H,17,18). The van der Waals surface area contributed by atoms with Crippen LogP contribution in [-0.2, 0) is 9.53 Å². The van der Waals surface area contributed by atoms with Crippen molar-refractivity contribution in [2.24, 2.45) is 5.41 Å². The summed E-state index contributed by atoms with van der Waals surface area (Å²) in [5.74, 6) is 0.587. The summed E-state index contributed by atoms with van der Waals surface area (Å²) in [4.78, 5) is 12.5. The molecule has 1 unspecified atom stereocenters. The highest BCUT2D eigenvalue weighted by Gasteiger charge is 2.42. The number of amides is 1. The van der Waals surface area contributed by atoms with Gasteiger partial charge in [0.15, 0.2) is 0 Å². The molecule has 104 valence electrons. The highest BCUT2D eigenvalue weighted by Crippen LogP contribution is 2.35. The molecule has 0 radical (unpaired) electrons. The Bertz CT molecular complexity index is 558. The number of para-hydroxylation sites is 1. The van der Waals surface area contributed by atoms with E-state index >= 15 is 0 Å². The zero-order valence-corrected chi connectivity index (χ0v) is 11.1. The Morgan fingerprint density at radius 3 is 2.85 bits per heavy atom. The first-order valence-electron chi connectivity index (χ1n) is 6.77. The van der Waals surface area contributed by atoms with Crippen LogP contribution in [0.25, 0.3) is 0 Å². The predicted molar refractivity (Wildman–Crippen MR) is 70.9 cm³/mol. The van der Waals surface area contributed by atoms with E-state index in [9.17, 15) is 10.1 Å². The Kier molecular flexibility index (Phi) is 3.33. The average molecular weight is 272 g/mol. The summed E-state index contributed by atoms with van der Waals surface area (Å²) >= 11 is 0. The molecular formula is C15H16N2O3. The first-order chi connectivity index (χ1) is 9.75. The molecule has 1 amide bonds. The molecule has 0 aromatic heterocycles. The normalized spacial score (nSPS) is 23.2. The summed E-state index contributed by atoms with van der Waals surface area (Å²) in [7, 11) is 0. The first kappa shape index (κ1) is 12.9. The molecule has 2 aliphatic heterocycles. The molecule has 1 N–H and O–H groups in total. The molecule has 1 aromatic carbocycles. The fraction of sp³-hybridized carbons (Fsp3) is 0.467. The molecular weight excluding hydrogens is 256 g/mol. The van der Waals surface area contributed by atoms with E-state index < -0.39 is 5.41 Å². The zero-order valence-electron chi connectivity index (χ0n) is 11.1. The summed E-state index contributed by atoms with van der Waals surface area (Å²) in [6.45, 7) is 1.33. The number of nitrogens with zero attached hydrogens (tertiary/aromatic N) is 1. The van der Waals surface area contributed by atoms with Crippen molar-refractivity contribution in [3.8, 4) is 11.8 Å². The lowest BCUT2D eigenvalue weighted by molar-refractivity contribution is -0.133. The van der Waals surface area contributed by atoms with Gasteiger partial charge in [0.05, 0.1) is 12.1 Å². The van der Waals surface area contributed by atoms with Crippen LogP contribution in [0, 0.1) is 16.7 Å². The largest absolute Gasteiger partial charge is 0.491 e. The second kappa shape index (κ2) is 5.14. The third kappa shape index (κ3) is 2.12. The fourth-order valence-corrected chi connectivity index (χ4v) is 2.69. The van der Waals surface area contributed by atoms with E-state index in [0.29, 0.717) is 32.7 Å². The molecule has 1 fully saturated rings. The van der Waals surface area contributed by atoms with Crippen molar-refractivity contribution >= 4 is 5.91 Å². The molecule has 5 heteroatoms. The van der Waals surface area contributed by atoms with E-state index in [1.54, 1.807) is 0 Å². The maximum atomic E-state index is 12.5. The molecule has 20 heavy (non-hydrogen) atoms. The van der Waals surface area contributed by atoms with E-state index in [4.69, 9.17) is 9.47 Å². The van der Waals surface area contributed by atoms with E-state index in [-0.39, 0.29) is 11.9 Å². The molecule has 0 saturated carbocycles. The second-order valence-corrected chi connectivity index (χ2v) is 5.18. The number of carbonyl (C=O) groups excluding carboxylic acids is 1. The van der Waals surface area contributed by atoms with Crippen LogP contribution in [-0.4, -0.2) is 25.7 Å². The highest BCUT2D eigenvalue weighted by molar-refractivity contribution is 5.86. The topological polar surface area (TPSA) is 71.4 Å². The van der Waals surface area contributed by atoms with Gasteiger partial charge < -0.3 is 14.8 Å². The molecule has 2 heterocycles. The Morgan fingerprint density at radius 1 is 1.35 bits per heavy atom. The number of carbonyl (C=O) groups is 1. The summed E-state index contributed by atoms with van der Waals surface area (Å²) < 4.78 is 10.8. The van der Waals surface area contributed by atoms with Crippen LogP contribution in [0.15, 0.2) is 24.3 Å². The number of hydrogen-bond acceptors (Lipinski definition) is 4. The average Bonchev–Trinajstić information content (AvgIpc) is 2.91. The molecule has 2 aliphatic rings. The summed E-state index contributed by atoms with van der Waals surface area (Å²) in [5, 5.41) is 12.3. The maximum absolute atomic E-state index is 12.5. The van der Waals surface area contributed by atoms with Gasteiger partial charge >= 0.3 is 0 Å². The van der Waals surface area contributed by atoms with Gasteiger partial charge in [-0.15, -0.1) is 0 Å². The molecule has 0 bridgehead atoms. The van der Waals surface area contributed by atoms with Gasteiger partial charge in [0.2, 0.25) is 5.91 Å². The molecule has 1 atom stereocenters. The Balaban J connectivity index is 1.75. The lowest BCUT2D eigenvalue weighted by Gasteiger charge is -2.30. The number of nitrogens with one attached hydrogen (secondary N) is 1. The number of ether oxygens (including phenoxy) is 2. The van der Waals surface area contributed by atoms with Gasteiger partial charge in [-0.2, -0.15) is 5.26 Å². The van der Waals surface area contributed by atoms with Crippen LogP contribution in [0.4, 0.5) is 0 Å². The summed E-state index contributed by atoms with van der Waals surface area (Å²) in [5.41, 5.74) is 0.0106. The van der Waals surface area contributed by atoms with Gasteiger partial charge in [0.1, 0.15) is 17.8 Å². The van der Waals surface area contributed by atoms with Gasteiger partial charge in [-0.1, -0.05) is 18.2 Å². The Morgan fingerprint density at radius 2 is 2.10 bits per heavy atom. The van der Waals surface area contributed by atoms with Crippen molar-refractivity contribution in [1.29, 1.82) is 5.26 Å². The summed E-state index contributed by atoms with van der Waals surface area (Å²) in [6, 6.07) is 9.65. The minimum absolute atomic E-state index is 0.174. The molecule has 1 saturated heterocycles. The minimum Gasteiger partial charge on any atom is -0.491 e. The molecule has 0 spiro atoms. The Labute approximate surface area is 117 Å². The molecule has 3 rings (SSSR count). The third-order valence-electron chi connectivity index (χ3n) is 4.00. The van der Waals surface area contributed by atoms with Gasteiger partial charge in [-0.25, -0.2) is 0 Å². The van der Waals surface area contributed by atoms with Crippen LogP contribution in [0.3, 0.4) is 0 Å². The molecule has 5 nitrogen and oxygen atoms in total. The van der Waals surface area contributed by atoms with E-state index in [1.807, 2.05) is 24.3 Å². The zero-order chi connectivity index (χ0) is 14.0. The van der Waals surface area contributed by atoms with Gasteiger partial charge in [-0.05, 0) is 18.9 Å². The lowest BCUT2D eigenvalue weighted by Crippen LogP contribution is -2.45. The molecule has 0 aliphatic carbocycles. The number of nitriles is 1. The lowest BCUT2D eigenvalue weighted by atomic mass is 9.80. The maximum Gasteiger partial charge on any atom is 0.241 e. The van der Waals surface area contributed by atoms with Crippen molar-refractivity contribution in [2.45, 2.75) is 18.9 Å². The number of fused-ring (bicyclic) bond motifs is 1. The third-order valence-corrected chi connectivity index (χ3v) is 4.00. The van der Waals surface area contributed by atoms with Crippen LogP contribution >= 0.6 is 0 Å². The molecule has 1 aromatic rings. The first-order valence-corrected chi connectivity index (χ1v) is 6.77. The number of hydrogen-bond donors (Lipinski definition) is 1. The van der Waals surface area contributed by atoms with E-state index in [0.717, 1.165) is 11.3 Å². The number of benzene rings is 1. The van der Waals surface area contributed by atoms with Crippen LogP contribution < -0.4 is 10.1 Å². The van der Waals surface area contributed by atoms with Gasteiger partial charge in [-0.3, -0.25) is 4.79 Å². The Hall–Kier alpha value is -2.06. The number of rotatable bonds is 2. The summed E-state index contributed by atoms with van der Waals surface area (Å²) in [6.07, 6.45) is 0.898. The van der Waals surface area contributed by atoms with E-state index in [2.05, 4.69) is 11.4 Å². The van der Waals surface area contributed by atoms with Crippen LogP contribution in [0.5, 0.6) is 5.75 Å². The van der Waals surface area contributed by atoms with Crippen molar-refractivity contribution in [3.05, 3.63) is 29.8 Å². The van der Waals surface area contributed by atoms with Crippen molar-refractivity contribution in [2.75, 3.05) is 19.8 Å². The van der Waals surface area contributed by atoms with Gasteiger partial charge in [0.25, 0.3) is 0 Å². The van der Waals surface area contributed by atoms with Crippen LogP contribution in [0.1, 0.15) is 24.4 Å². The second-order valence-electron chi connectivity index (χ2n) is 5.18. The predicted octanol–water partition coefficient (Wildman–Crippen LogP) is 1.56. The van der Waals surface area contributed by atoms with Crippen molar-refractivity contribution < 1.29 is 14.3 Å². The SMILES string of the molecule is N#CC1(C(=O)NC2COc3ccccc32)CCOCC1.